The van der Waals surface area contributed by atoms with Crippen LogP contribution in [0.4, 0.5) is 5.69 Å². The van der Waals surface area contributed by atoms with Crippen molar-refractivity contribution in [1.82, 2.24) is 4.72 Å². The molecule has 2 rings (SSSR count). The lowest BCUT2D eigenvalue weighted by molar-refractivity contribution is -0.116. The van der Waals surface area contributed by atoms with Gasteiger partial charge >= 0.3 is 0 Å². The predicted octanol–water partition coefficient (Wildman–Crippen LogP) is 2.10. The average Bonchev–Trinajstić information content (AvgIpc) is 3.13. The van der Waals surface area contributed by atoms with E-state index in [9.17, 15) is 13.2 Å². The molecule has 1 amide bonds. The van der Waals surface area contributed by atoms with Crippen LogP contribution in [0, 0.1) is 0 Å². The molecule has 0 fully saturated rings. The number of anilines is 1. The fourth-order valence-electron chi connectivity index (χ4n) is 2.23. The number of hydrogen-bond donors (Lipinski definition) is 1. The van der Waals surface area contributed by atoms with E-state index in [1.54, 1.807) is 29.6 Å². The number of carbonyl (C=O) groups excluding carboxylic acids is 1. The van der Waals surface area contributed by atoms with Crippen molar-refractivity contribution in [3.8, 4) is 11.5 Å². The lowest BCUT2D eigenvalue weighted by atomic mass is 10.2. The Morgan fingerprint density at radius 3 is 2.56 bits per heavy atom. The van der Waals surface area contributed by atoms with Crippen LogP contribution in [-0.4, -0.2) is 41.6 Å². The summed E-state index contributed by atoms with van der Waals surface area (Å²) in [5.41, 5.74) is 0.547. The van der Waals surface area contributed by atoms with Gasteiger partial charge in [-0.25, -0.2) is 13.1 Å². The Morgan fingerprint density at radius 1 is 1.24 bits per heavy atom. The van der Waals surface area contributed by atoms with Crippen LogP contribution < -0.4 is 19.1 Å². The van der Waals surface area contributed by atoms with E-state index in [-0.39, 0.29) is 23.2 Å². The number of carbonyl (C=O) groups is 1. The Morgan fingerprint density at radius 2 is 2.00 bits per heavy atom. The number of sulfonamides is 1. The van der Waals surface area contributed by atoms with Gasteiger partial charge in [-0.05, 0) is 23.6 Å². The highest BCUT2D eigenvalue weighted by Gasteiger charge is 2.19. The molecule has 0 aliphatic rings. The van der Waals surface area contributed by atoms with Crippen molar-refractivity contribution in [2.45, 2.75) is 11.1 Å². The standard InChI is InChI=1S/C16H20N2O5S2/c1-12(19)18(14-7-6-13(22-2)11-15(14)23-3)9-8-17-25(20,21)16-5-4-10-24-16/h4-7,10-11,17H,8-9H2,1-3H3. The third-order valence-corrected chi connectivity index (χ3v) is 6.30. The van der Waals surface area contributed by atoms with Gasteiger partial charge in [0.2, 0.25) is 15.9 Å². The first-order valence-corrected chi connectivity index (χ1v) is 9.78. The average molecular weight is 384 g/mol. The monoisotopic (exact) mass is 384 g/mol. The van der Waals surface area contributed by atoms with E-state index in [1.807, 2.05) is 0 Å². The number of nitrogens with one attached hydrogen (secondary N) is 1. The van der Waals surface area contributed by atoms with Gasteiger partial charge < -0.3 is 14.4 Å². The van der Waals surface area contributed by atoms with E-state index in [2.05, 4.69) is 4.72 Å². The summed E-state index contributed by atoms with van der Waals surface area (Å²) >= 11 is 1.14. The summed E-state index contributed by atoms with van der Waals surface area (Å²) in [5, 5.41) is 1.69. The highest BCUT2D eigenvalue weighted by molar-refractivity contribution is 7.91. The molecule has 2 aromatic rings. The van der Waals surface area contributed by atoms with Crippen LogP contribution in [0.15, 0.2) is 39.9 Å². The van der Waals surface area contributed by atoms with Crippen LogP contribution in [-0.2, 0) is 14.8 Å². The first-order valence-electron chi connectivity index (χ1n) is 7.42. The fourth-order valence-corrected chi connectivity index (χ4v) is 4.29. The van der Waals surface area contributed by atoms with Crippen molar-refractivity contribution in [1.29, 1.82) is 0 Å². The largest absolute Gasteiger partial charge is 0.497 e. The molecule has 0 saturated carbocycles. The molecule has 1 aromatic heterocycles. The summed E-state index contributed by atoms with van der Waals surface area (Å²) in [4.78, 5) is 13.5. The molecule has 1 heterocycles. The fraction of sp³-hybridized carbons (Fsp3) is 0.312. The van der Waals surface area contributed by atoms with Crippen LogP contribution in [0.1, 0.15) is 6.92 Å². The van der Waals surface area contributed by atoms with E-state index in [4.69, 9.17) is 9.47 Å². The smallest absolute Gasteiger partial charge is 0.250 e. The quantitative estimate of drug-likeness (QED) is 0.753. The van der Waals surface area contributed by atoms with E-state index < -0.39 is 10.0 Å². The van der Waals surface area contributed by atoms with E-state index in [0.29, 0.717) is 17.2 Å². The Bertz CT molecular complexity index is 819. The van der Waals surface area contributed by atoms with Gasteiger partial charge in [0.15, 0.2) is 0 Å². The summed E-state index contributed by atoms with van der Waals surface area (Å²) in [6.07, 6.45) is 0. The van der Waals surface area contributed by atoms with Crippen molar-refractivity contribution in [2.75, 3.05) is 32.2 Å². The molecule has 136 valence electrons. The van der Waals surface area contributed by atoms with Crippen molar-refractivity contribution >= 4 is 33.0 Å². The minimum Gasteiger partial charge on any atom is -0.497 e. The minimum atomic E-state index is -3.57. The zero-order chi connectivity index (χ0) is 18.4. The minimum absolute atomic E-state index is 0.0784. The van der Waals surface area contributed by atoms with Crippen LogP contribution in [0.25, 0.3) is 0 Å². The molecule has 0 bridgehead atoms. The molecule has 7 nitrogen and oxygen atoms in total. The summed E-state index contributed by atoms with van der Waals surface area (Å²) < 4.78 is 37.5. The number of benzene rings is 1. The molecule has 0 aliphatic heterocycles. The maximum Gasteiger partial charge on any atom is 0.250 e. The summed E-state index contributed by atoms with van der Waals surface area (Å²) in [7, 11) is -0.533. The van der Waals surface area contributed by atoms with E-state index in [0.717, 1.165) is 11.3 Å². The van der Waals surface area contributed by atoms with Crippen LogP contribution >= 0.6 is 11.3 Å². The third-order valence-electron chi connectivity index (χ3n) is 3.45. The molecule has 25 heavy (non-hydrogen) atoms. The molecule has 0 saturated heterocycles. The number of thiophene rings is 1. The van der Waals surface area contributed by atoms with Gasteiger partial charge in [0.05, 0.1) is 19.9 Å². The van der Waals surface area contributed by atoms with E-state index in [1.165, 1.54) is 32.1 Å². The molecule has 0 atom stereocenters. The molecular formula is C16H20N2O5S2. The molecule has 9 heteroatoms. The topological polar surface area (TPSA) is 84.9 Å². The second-order valence-electron chi connectivity index (χ2n) is 5.04. The van der Waals surface area contributed by atoms with Crippen molar-refractivity contribution < 1.29 is 22.7 Å². The lowest BCUT2D eigenvalue weighted by Crippen LogP contribution is -2.37. The van der Waals surface area contributed by atoms with Gasteiger partial charge in [-0.15, -0.1) is 11.3 Å². The zero-order valence-corrected chi connectivity index (χ0v) is 15.8. The van der Waals surface area contributed by atoms with Gasteiger partial charge in [-0.2, -0.15) is 0 Å². The second kappa shape index (κ2) is 8.32. The summed E-state index contributed by atoms with van der Waals surface area (Å²) in [6.45, 7) is 1.66. The Kier molecular flexibility index (Phi) is 6.40. The van der Waals surface area contributed by atoms with Gasteiger partial charge in [-0.3, -0.25) is 4.79 Å². The van der Waals surface area contributed by atoms with E-state index >= 15 is 0 Å². The van der Waals surface area contributed by atoms with Gasteiger partial charge in [-0.1, -0.05) is 6.07 Å². The second-order valence-corrected chi connectivity index (χ2v) is 7.98. The van der Waals surface area contributed by atoms with Crippen molar-refractivity contribution in [3.63, 3.8) is 0 Å². The van der Waals surface area contributed by atoms with Crippen LogP contribution in [0.5, 0.6) is 11.5 Å². The Labute approximate surface area is 151 Å². The molecule has 0 spiro atoms. The first kappa shape index (κ1) is 19.2. The molecule has 1 aromatic carbocycles. The lowest BCUT2D eigenvalue weighted by Gasteiger charge is -2.23. The highest BCUT2D eigenvalue weighted by Crippen LogP contribution is 2.32. The molecule has 0 aliphatic carbocycles. The molecule has 0 unspecified atom stereocenters. The number of rotatable bonds is 8. The maximum absolute atomic E-state index is 12.1. The Hall–Kier alpha value is -2.10. The first-order chi connectivity index (χ1) is 11.9. The number of hydrogen-bond acceptors (Lipinski definition) is 6. The summed E-state index contributed by atoms with van der Waals surface area (Å²) in [5.74, 6) is 0.844. The number of methoxy groups -OCH3 is 2. The van der Waals surface area contributed by atoms with Crippen molar-refractivity contribution in [2.24, 2.45) is 0 Å². The van der Waals surface area contributed by atoms with Crippen molar-refractivity contribution in [3.05, 3.63) is 35.7 Å². The normalized spacial score (nSPS) is 11.2. The molecular weight excluding hydrogens is 364 g/mol. The maximum atomic E-state index is 12.1. The van der Waals surface area contributed by atoms with Crippen LogP contribution in [0.3, 0.4) is 0 Å². The SMILES string of the molecule is COc1ccc(N(CCNS(=O)(=O)c2cccs2)C(C)=O)c(OC)c1. The van der Waals surface area contributed by atoms with Crippen LogP contribution in [0.2, 0.25) is 0 Å². The van der Waals surface area contributed by atoms with Gasteiger partial charge in [0.25, 0.3) is 0 Å². The highest BCUT2D eigenvalue weighted by atomic mass is 32.2. The van der Waals surface area contributed by atoms with Gasteiger partial charge in [0, 0.05) is 26.1 Å². The number of ether oxygens (including phenoxy) is 2. The number of nitrogens with zero attached hydrogens (tertiary/aromatic N) is 1. The molecule has 0 radical (unpaired) electrons. The zero-order valence-electron chi connectivity index (χ0n) is 14.2. The predicted molar refractivity (Wildman–Crippen MR) is 97.1 cm³/mol. The third kappa shape index (κ3) is 4.71. The van der Waals surface area contributed by atoms with Gasteiger partial charge in [0.1, 0.15) is 15.7 Å². The Balaban J connectivity index is 2.13. The number of amides is 1. The molecule has 1 N–H and O–H groups in total. The summed E-state index contributed by atoms with van der Waals surface area (Å²) in [6, 6.07) is 8.28.